The summed E-state index contributed by atoms with van der Waals surface area (Å²) >= 11 is 0. The van der Waals surface area contributed by atoms with E-state index in [-0.39, 0.29) is 36.0 Å². The van der Waals surface area contributed by atoms with E-state index < -0.39 is 0 Å². The van der Waals surface area contributed by atoms with Gasteiger partial charge in [-0.2, -0.15) is 0 Å². The van der Waals surface area contributed by atoms with Gasteiger partial charge >= 0.3 is 0 Å². The average Bonchev–Trinajstić information content (AvgIpc) is 3.16. The van der Waals surface area contributed by atoms with Gasteiger partial charge in [-0.05, 0) is 49.1 Å². The zero-order valence-electron chi connectivity index (χ0n) is 14.7. The van der Waals surface area contributed by atoms with Gasteiger partial charge in [-0.15, -0.1) is 12.4 Å². The molecule has 0 radical (unpaired) electrons. The second-order valence-corrected chi connectivity index (χ2v) is 6.53. The first-order valence-electron chi connectivity index (χ1n) is 8.54. The summed E-state index contributed by atoms with van der Waals surface area (Å²) in [5, 5.41) is 2.75. The number of furan rings is 1. The number of benzene rings is 1. The number of nitrogens with zero attached hydrogens (tertiary/aromatic N) is 1. The molecule has 1 aromatic heterocycles. The number of amides is 2. The molecule has 1 fully saturated rings. The molecule has 6 nitrogen and oxygen atoms in total. The van der Waals surface area contributed by atoms with E-state index in [1.807, 2.05) is 4.90 Å². The van der Waals surface area contributed by atoms with Crippen LogP contribution in [0.15, 0.2) is 47.1 Å². The van der Waals surface area contributed by atoms with Crippen LogP contribution in [0.4, 0.5) is 5.69 Å². The van der Waals surface area contributed by atoms with Crippen molar-refractivity contribution < 1.29 is 14.0 Å². The van der Waals surface area contributed by atoms with Gasteiger partial charge in [0.1, 0.15) is 0 Å². The van der Waals surface area contributed by atoms with Crippen molar-refractivity contribution in [2.24, 2.45) is 11.7 Å². The van der Waals surface area contributed by atoms with Crippen molar-refractivity contribution in [1.29, 1.82) is 0 Å². The van der Waals surface area contributed by atoms with E-state index in [9.17, 15) is 9.59 Å². The Morgan fingerprint density at radius 1 is 1.31 bits per heavy atom. The van der Waals surface area contributed by atoms with Crippen molar-refractivity contribution in [3.63, 3.8) is 0 Å². The molecular weight excluding hydrogens is 354 g/mol. The maximum atomic E-state index is 12.9. The molecule has 2 heterocycles. The van der Waals surface area contributed by atoms with Crippen LogP contribution < -0.4 is 11.1 Å². The number of hydrogen-bond acceptors (Lipinski definition) is 4. The summed E-state index contributed by atoms with van der Waals surface area (Å²) < 4.78 is 5.08. The van der Waals surface area contributed by atoms with Crippen LogP contribution in [0.1, 0.15) is 40.7 Å². The number of piperidine rings is 1. The van der Waals surface area contributed by atoms with Crippen LogP contribution in [0.3, 0.4) is 0 Å². The van der Waals surface area contributed by atoms with Crippen molar-refractivity contribution in [3.05, 3.63) is 54.0 Å². The van der Waals surface area contributed by atoms with E-state index in [1.54, 1.807) is 36.4 Å². The molecule has 1 aliphatic rings. The molecule has 0 saturated carbocycles. The van der Waals surface area contributed by atoms with Crippen LogP contribution in [0.2, 0.25) is 0 Å². The van der Waals surface area contributed by atoms with Crippen LogP contribution in [0.5, 0.6) is 0 Å². The molecule has 0 bridgehead atoms. The molecule has 1 aromatic carbocycles. The number of hydrogen-bond donors (Lipinski definition) is 2. The van der Waals surface area contributed by atoms with Crippen LogP contribution in [-0.4, -0.2) is 35.8 Å². The number of carbonyl (C=O) groups is 2. The molecule has 3 rings (SSSR count). The lowest BCUT2D eigenvalue weighted by Crippen LogP contribution is -2.49. The van der Waals surface area contributed by atoms with E-state index >= 15 is 0 Å². The topological polar surface area (TPSA) is 88.6 Å². The second-order valence-electron chi connectivity index (χ2n) is 6.53. The summed E-state index contributed by atoms with van der Waals surface area (Å²) in [6, 6.07) is 10.3. The number of nitrogens with one attached hydrogen (secondary N) is 1. The highest BCUT2D eigenvalue weighted by Gasteiger charge is 2.29. The van der Waals surface area contributed by atoms with Crippen molar-refractivity contribution in [2.45, 2.75) is 25.8 Å². The molecule has 7 heteroatoms. The first-order valence-corrected chi connectivity index (χ1v) is 8.54. The Labute approximate surface area is 159 Å². The fourth-order valence-corrected chi connectivity index (χ4v) is 3.24. The van der Waals surface area contributed by atoms with Crippen LogP contribution >= 0.6 is 12.4 Å². The van der Waals surface area contributed by atoms with Crippen molar-refractivity contribution in [2.75, 3.05) is 18.4 Å². The number of nitrogens with two attached hydrogens (primary N) is 1. The Morgan fingerprint density at radius 2 is 2.12 bits per heavy atom. The SMILES string of the molecule is CC1CCN(C(=O)c2cccc(NC(=O)c3ccco3)c2)C(CN)C1.Cl. The third-order valence-electron chi connectivity index (χ3n) is 4.62. The lowest BCUT2D eigenvalue weighted by molar-refractivity contribution is 0.0573. The maximum Gasteiger partial charge on any atom is 0.291 e. The number of halogens is 1. The predicted octanol–water partition coefficient (Wildman–Crippen LogP) is 3.15. The molecule has 26 heavy (non-hydrogen) atoms. The van der Waals surface area contributed by atoms with Gasteiger partial charge in [0.2, 0.25) is 0 Å². The van der Waals surface area contributed by atoms with E-state index in [0.717, 1.165) is 12.8 Å². The van der Waals surface area contributed by atoms with E-state index in [1.165, 1.54) is 6.26 Å². The summed E-state index contributed by atoms with van der Waals surface area (Å²) in [5.74, 6) is 0.416. The normalized spacial score (nSPS) is 19.5. The Hall–Kier alpha value is -2.31. The van der Waals surface area contributed by atoms with E-state index in [2.05, 4.69) is 12.2 Å². The third-order valence-corrected chi connectivity index (χ3v) is 4.62. The number of carbonyl (C=O) groups excluding carboxylic acids is 2. The molecule has 3 N–H and O–H groups in total. The molecule has 2 atom stereocenters. The first kappa shape index (κ1) is 20.0. The minimum absolute atomic E-state index is 0. The number of anilines is 1. The van der Waals surface area contributed by atoms with Gasteiger partial charge in [0, 0.05) is 30.4 Å². The summed E-state index contributed by atoms with van der Waals surface area (Å²) in [4.78, 5) is 26.8. The van der Waals surface area contributed by atoms with Crippen molar-refractivity contribution in [3.8, 4) is 0 Å². The van der Waals surface area contributed by atoms with Gasteiger partial charge in [0.05, 0.1) is 6.26 Å². The highest BCUT2D eigenvalue weighted by atomic mass is 35.5. The fraction of sp³-hybridized carbons (Fsp3) is 0.368. The maximum absolute atomic E-state index is 12.9. The van der Waals surface area contributed by atoms with Gasteiger partial charge in [0.25, 0.3) is 11.8 Å². The lowest BCUT2D eigenvalue weighted by Gasteiger charge is -2.38. The van der Waals surface area contributed by atoms with E-state index in [4.69, 9.17) is 10.2 Å². The van der Waals surface area contributed by atoms with Gasteiger partial charge in [0.15, 0.2) is 5.76 Å². The predicted molar refractivity (Wildman–Crippen MR) is 103 cm³/mol. The Kier molecular flexibility index (Phi) is 6.83. The van der Waals surface area contributed by atoms with Gasteiger partial charge in [-0.25, -0.2) is 0 Å². The van der Waals surface area contributed by atoms with Crippen molar-refractivity contribution >= 4 is 29.9 Å². The summed E-state index contributed by atoms with van der Waals surface area (Å²) in [6.45, 7) is 3.37. The molecule has 0 aliphatic carbocycles. The zero-order chi connectivity index (χ0) is 17.8. The first-order chi connectivity index (χ1) is 12.1. The van der Waals surface area contributed by atoms with Gasteiger partial charge in [-0.1, -0.05) is 13.0 Å². The standard InChI is InChI=1S/C19H23N3O3.ClH/c1-13-7-8-22(16(10-13)12-20)19(24)14-4-2-5-15(11-14)21-18(23)17-6-3-9-25-17;/h2-6,9,11,13,16H,7-8,10,12,20H2,1H3,(H,21,23);1H. The fourth-order valence-electron chi connectivity index (χ4n) is 3.24. The molecule has 2 aromatic rings. The molecular formula is C19H24ClN3O3. The summed E-state index contributed by atoms with van der Waals surface area (Å²) in [6.07, 6.45) is 3.35. The molecule has 2 amide bonds. The van der Waals surface area contributed by atoms with Crippen molar-refractivity contribution in [1.82, 2.24) is 4.90 Å². The monoisotopic (exact) mass is 377 g/mol. The highest BCUT2D eigenvalue weighted by molar-refractivity contribution is 6.03. The van der Waals surface area contributed by atoms with E-state index in [0.29, 0.717) is 30.3 Å². The minimum atomic E-state index is -0.346. The van der Waals surface area contributed by atoms with Gasteiger partial charge in [-0.3, -0.25) is 9.59 Å². The molecule has 0 spiro atoms. The average molecular weight is 378 g/mol. The summed E-state index contributed by atoms with van der Waals surface area (Å²) in [7, 11) is 0. The molecule has 2 unspecified atom stereocenters. The Morgan fingerprint density at radius 3 is 2.81 bits per heavy atom. The summed E-state index contributed by atoms with van der Waals surface area (Å²) in [5.41, 5.74) is 6.96. The minimum Gasteiger partial charge on any atom is -0.459 e. The van der Waals surface area contributed by atoms with Crippen LogP contribution in [0.25, 0.3) is 0 Å². The number of rotatable bonds is 4. The molecule has 1 saturated heterocycles. The smallest absolute Gasteiger partial charge is 0.291 e. The third kappa shape index (κ3) is 4.45. The lowest BCUT2D eigenvalue weighted by atomic mass is 9.92. The zero-order valence-corrected chi connectivity index (χ0v) is 15.5. The largest absolute Gasteiger partial charge is 0.459 e. The Balaban J connectivity index is 0.00000243. The quantitative estimate of drug-likeness (QED) is 0.856. The Bertz CT molecular complexity index is 748. The molecule has 1 aliphatic heterocycles. The number of likely N-dealkylation sites (tertiary alicyclic amines) is 1. The van der Waals surface area contributed by atoms with Gasteiger partial charge < -0.3 is 20.4 Å². The highest BCUT2D eigenvalue weighted by Crippen LogP contribution is 2.24. The molecule has 140 valence electrons. The van der Waals surface area contributed by atoms with Crippen LogP contribution in [0, 0.1) is 5.92 Å². The second kappa shape index (κ2) is 8.87. The van der Waals surface area contributed by atoms with Crippen LogP contribution in [-0.2, 0) is 0 Å².